The quantitative estimate of drug-likeness (QED) is 0.436. The minimum absolute atomic E-state index is 0.00971. The standard InChI is InChI=1S/C14H27N3O3/c1-4-15-14(16-9-11(2)10-18)17-7-5-12(6-8-17)13(19)20-3/h11-12,18H,4-10H2,1-3H3,(H,15,16). The summed E-state index contributed by atoms with van der Waals surface area (Å²) in [5.41, 5.74) is 0. The Morgan fingerprint density at radius 2 is 2.15 bits per heavy atom. The lowest BCUT2D eigenvalue weighted by molar-refractivity contribution is -0.146. The SMILES string of the molecule is CCNC(=NCC(C)CO)N1CCC(C(=O)OC)CC1. The van der Waals surface area contributed by atoms with Crippen molar-refractivity contribution in [3.05, 3.63) is 0 Å². The highest BCUT2D eigenvalue weighted by Gasteiger charge is 2.26. The number of hydrogen-bond acceptors (Lipinski definition) is 4. The van der Waals surface area contributed by atoms with Crippen LogP contribution >= 0.6 is 0 Å². The molecular formula is C14H27N3O3. The van der Waals surface area contributed by atoms with Crippen LogP contribution in [0.4, 0.5) is 0 Å². The summed E-state index contributed by atoms with van der Waals surface area (Å²) in [6.07, 6.45) is 1.60. The second-order valence-electron chi connectivity index (χ2n) is 5.27. The Morgan fingerprint density at radius 3 is 2.65 bits per heavy atom. The summed E-state index contributed by atoms with van der Waals surface area (Å²) in [4.78, 5) is 18.2. The number of likely N-dealkylation sites (tertiary alicyclic amines) is 1. The number of piperidine rings is 1. The molecule has 0 aromatic rings. The minimum Gasteiger partial charge on any atom is -0.469 e. The predicted molar refractivity (Wildman–Crippen MR) is 78.5 cm³/mol. The summed E-state index contributed by atoms with van der Waals surface area (Å²) >= 11 is 0. The van der Waals surface area contributed by atoms with Gasteiger partial charge >= 0.3 is 5.97 Å². The van der Waals surface area contributed by atoms with Crippen molar-refractivity contribution >= 4 is 11.9 Å². The first kappa shape index (κ1) is 16.8. The Labute approximate surface area is 121 Å². The number of carbonyl (C=O) groups excluding carboxylic acids is 1. The first-order valence-electron chi connectivity index (χ1n) is 7.34. The van der Waals surface area contributed by atoms with E-state index in [9.17, 15) is 4.79 Å². The molecule has 0 amide bonds. The molecule has 0 radical (unpaired) electrons. The van der Waals surface area contributed by atoms with E-state index in [0.29, 0.717) is 6.54 Å². The molecule has 1 fully saturated rings. The Bertz CT molecular complexity index is 326. The van der Waals surface area contributed by atoms with Gasteiger partial charge in [0.25, 0.3) is 0 Å². The lowest BCUT2D eigenvalue weighted by Crippen LogP contribution is -2.46. The number of carbonyl (C=O) groups is 1. The summed E-state index contributed by atoms with van der Waals surface area (Å²) in [5, 5.41) is 12.3. The van der Waals surface area contributed by atoms with Crippen LogP contribution < -0.4 is 5.32 Å². The van der Waals surface area contributed by atoms with E-state index in [-0.39, 0.29) is 24.4 Å². The molecule has 0 spiro atoms. The van der Waals surface area contributed by atoms with E-state index in [1.807, 2.05) is 13.8 Å². The number of aliphatic hydroxyl groups excluding tert-OH is 1. The number of guanidine groups is 1. The number of ether oxygens (including phenoxy) is 1. The van der Waals surface area contributed by atoms with Crippen LogP contribution in [0.1, 0.15) is 26.7 Å². The topological polar surface area (TPSA) is 74.2 Å². The second kappa shape index (κ2) is 8.79. The highest BCUT2D eigenvalue weighted by molar-refractivity contribution is 5.80. The molecule has 1 aliphatic heterocycles. The molecule has 0 aliphatic carbocycles. The zero-order chi connectivity index (χ0) is 15.0. The van der Waals surface area contributed by atoms with Gasteiger partial charge in [-0.15, -0.1) is 0 Å². The molecule has 1 atom stereocenters. The van der Waals surface area contributed by atoms with Crippen LogP contribution in [0.15, 0.2) is 4.99 Å². The lowest BCUT2D eigenvalue weighted by atomic mass is 9.97. The van der Waals surface area contributed by atoms with Crippen molar-refractivity contribution in [3.8, 4) is 0 Å². The van der Waals surface area contributed by atoms with Crippen LogP contribution in [0.3, 0.4) is 0 Å². The van der Waals surface area contributed by atoms with Crippen molar-refractivity contribution in [2.24, 2.45) is 16.8 Å². The molecule has 1 rings (SSSR count). The van der Waals surface area contributed by atoms with E-state index < -0.39 is 0 Å². The van der Waals surface area contributed by atoms with Gasteiger partial charge in [0.1, 0.15) is 0 Å². The monoisotopic (exact) mass is 285 g/mol. The van der Waals surface area contributed by atoms with Crippen LogP contribution in [0.2, 0.25) is 0 Å². The van der Waals surface area contributed by atoms with Gasteiger partial charge in [0.2, 0.25) is 0 Å². The summed E-state index contributed by atoms with van der Waals surface area (Å²) in [5.74, 6) is 0.934. The van der Waals surface area contributed by atoms with Crippen molar-refractivity contribution in [2.75, 3.05) is 39.9 Å². The Morgan fingerprint density at radius 1 is 1.50 bits per heavy atom. The van der Waals surface area contributed by atoms with Gasteiger partial charge in [-0.25, -0.2) is 0 Å². The molecule has 0 aromatic heterocycles. The lowest BCUT2D eigenvalue weighted by Gasteiger charge is -2.33. The predicted octanol–water partition coefficient (Wildman–Crippen LogP) is 0.465. The van der Waals surface area contributed by atoms with Crippen LogP contribution in [-0.4, -0.2) is 61.8 Å². The van der Waals surface area contributed by atoms with Gasteiger partial charge < -0.3 is 20.1 Å². The fourth-order valence-electron chi connectivity index (χ4n) is 2.22. The normalized spacial score (nSPS) is 18.8. The van der Waals surface area contributed by atoms with E-state index in [0.717, 1.165) is 38.4 Å². The molecule has 1 saturated heterocycles. The van der Waals surface area contributed by atoms with Crippen LogP contribution in [0.5, 0.6) is 0 Å². The number of esters is 1. The Kier molecular flexibility index (Phi) is 7.36. The number of nitrogens with one attached hydrogen (secondary N) is 1. The first-order chi connectivity index (χ1) is 9.62. The third kappa shape index (κ3) is 5.00. The Balaban J connectivity index is 2.55. The van der Waals surface area contributed by atoms with Crippen LogP contribution in [-0.2, 0) is 9.53 Å². The third-order valence-electron chi connectivity index (χ3n) is 3.53. The number of rotatable bonds is 5. The average Bonchev–Trinajstić information content (AvgIpc) is 2.50. The number of nitrogens with zero attached hydrogens (tertiary/aromatic N) is 2. The maximum Gasteiger partial charge on any atom is 0.308 e. The molecule has 6 nitrogen and oxygen atoms in total. The molecule has 0 bridgehead atoms. The van der Waals surface area contributed by atoms with E-state index in [4.69, 9.17) is 9.84 Å². The molecule has 6 heteroatoms. The number of hydrogen-bond donors (Lipinski definition) is 2. The summed E-state index contributed by atoms with van der Waals surface area (Å²) < 4.78 is 4.80. The van der Waals surface area contributed by atoms with Crippen molar-refractivity contribution in [1.29, 1.82) is 0 Å². The summed E-state index contributed by atoms with van der Waals surface area (Å²) in [6.45, 7) is 7.17. The second-order valence-corrected chi connectivity index (χ2v) is 5.27. The van der Waals surface area contributed by atoms with Crippen molar-refractivity contribution < 1.29 is 14.6 Å². The smallest absolute Gasteiger partial charge is 0.308 e. The molecule has 2 N–H and O–H groups in total. The third-order valence-corrected chi connectivity index (χ3v) is 3.53. The average molecular weight is 285 g/mol. The molecular weight excluding hydrogens is 258 g/mol. The zero-order valence-electron chi connectivity index (χ0n) is 12.8. The number of aliphatic imine (C=N–C) groups is 1. The summed E-state index contributed by atoms with van der Waals surface area (Å²) in [7, 11) is 1.44. The molecule has 0 saturated carbocycles. The van der Waals surface area contributed by atoms with Gasteiger partial charge in [0.05, 0.1) is 13.0 Å². The highest BCUT2D eigenvalue weighted by Crippen LogP contribution is 2.18. The summed E-state index contributed by atoms with van der Waals surface area (Å²) in [6, 6.07) is 0. The molecule has 1 unspecified atom stereocenters. The zero-order valence-corrected chi connectivity index (χ0v) is 12.8. The highest BCUT2D eigenvalue weighted by atomic mass is 16.5. The first-order valence-corrected chi connectivity index (χ1v) is 7.34. The molecule has 1 aliphatic rings. The van der Waals surface area contributed by atoms with Gasteiger partial charge in [-0.3, -0.25) is 9.79 Å². The van der Waals surface area contributed by atoms with Crippen molar-refractivity contribution in [1.82, 2.24) is 10.2 Å². The van der Waals surface area contributed by atoms with Gasteiger partial charge in [-0.05, 0) is 25.7 Å². The van der Waals surface area contributed by atoms with Gasteiger partial charge in [-0.1, -0.05) is 6.92 Å². The number of aliphatic hydroxyl groups is 1. The minimum atomic E-state index is -0.111. The van der Waals surface area contributed by atoms with Gasteiger partial charge in [0.15, 0.2) is 5.96 Å². The fraction of sp³-hybridized carbons (Fsp3) is 0.857. The number of methoxy groups -OCH3 is 1. The van der Waals surface area contributed by atoms with E-state index in [1.165, 1.54) is 7.11 Å². The van der Waals surface area contributed by atoms with Crippen LogP contribution in [0.25, 0.3) is 0 Å². The maximum absolute atomic E-state index is 11.5. The van der Waals surface area contributed by atoms with Gasteiger partial charge in [-0.2, -0.15) is 0 Å². The molecule has 116 valence electrons. The fourth-order valence-corrected chi connectivity index (χ4v) is 2.22. The maximum atomic E-state index is 11.5. The van der Waals surface area contributed by atoms with E-state index in [1.54, 1.807) is 0 Å². The van der Waals surface area contributed by atoms with Crippen molar-refractivity contribution in [3.63, 3.8) is 0 Å². The molecule has 20 heavy (non-hydrogen) atoms. The molecule has 0 aromatic carbocycles. The van der Waals surface area contributed by atoms with Gasteiger partial charge in [0, 0.05) is 32.8 Å². The largest absolute Gasteiger partial charge is 0.469 e. The van der Waals surface area contributed by atoms with E-state index >= 15 is 0 Å². The molecule has 1 heterocycles. The Hall–Kier alpha value is -1.30. The van der Waals surface area contributed by atoms with Crippen molar-refractivity contribution in [2.45, 2.75) is 26.7 Å². The van der Waals surface area contributed by atoms with E-state index in [2.05, 4.69) is 15.2 Å². The van der Waals surface area contributed by atoms with Crippen LogP contribution in [0, 0.1) is 11.8 Å².